The molecule has 3 N–H and O–H groups in total. The van der Waals surface area contributed by atoms with Crippen molar-refractivity contribution in [1.29, 1.82) is 0 Å². The minimum absolute atomic E-state index is 0.0199. The van der Waals surface area contributed by atoms with Crippen molar-refractivity contribution in [3.8, 4) is 11.1 Å². The topological polar surface area (TPSA) is 113 Å². The number of nitrogens with one attached hydrogen (secondary N) is 2. The highest BCUT2D eigenvalue weighted by Gasteiger charge is 2.29. The molecule has 9 heteroatoms. The standard InChI is InChI=1S/C21H23ClN2O5S/c22-17-9-5-14(6-10-17)15-7-11-18(12-8-15)30(28,29)24-19(21(26)27)2-1-13-23-20(25)16-3-4-16/h5-12,16,19,24H,1-4,13H2,(H,23,25)(H,26,27)/t19-/m0/s1. The first-order chi connectivity index (χ1) is 14.3. The van der Waals surface area contributed by atoms with Crippen LogP contribution in [0, 0.1) is 5.92 Å². The smallest absolute Gasteiger partial charge is 0.321 e. The van der Waals surface area contributed by atoms with E-state index in [1.165, 1.54) is 12.1 Å². The molecule has 0 heterocycles. The van der Waals surface area contributed by atoms with Crippen LogP contribution in [0.4, 0.5) is 0 Å². The van der Waals surface area contributed by atoms with Crippen LogP contribution < -0.4 is 10.0 Å². The number of carbonyl (C=O) groups excluding carboxylic acids is 1. The minimum atomic E-state index is -4.01. The van der Waals surface area contributed by atoms with Gasteiger partial charge in [0.05, 0.1) is 4.90 Å². The Morgan fingerprint density at radius 1 is 1.03 bits per heavy atom. The number of rotatable bonds is 10. The number of carbonyl (C=O) groups is 2. The predicted molar refractivity (Wildman–Crippen MR) is 114 cm³/mol. The summed E-state index contributed by atoms with van der Waals surface area (Å²) in [5.74, 6) is -1.21. The highest BCUT2D eigenvalue weighted by atomic mass is 35.5. The SMILES string of the molecule is O=C(NCCC[C@H](NS(=O)(=O)c1ccc(-c2ccc(Cl)cc2)cc1)C(=O)O)C1CC1. The molecular formula is C21H23ClN2O5S. The molecule has 1 amide bonds. The average Bonchev–Trinajstić information content (AvgIpc) is 3.56. The molecule has 2 aromatic rings. The number of benzene rings is 2. The van der Waals surface area contributed by atoms with E-state index < -0.39 is 22.0 Å². The molecule has 1 aliphatic rings. The second kappa shape index (κ2) is 9.59. The van der Waals surface area contributed by atoms with Crippen molar-refractivity contribution in [1.82, 2.24) is 10.0 Å². The highest BCUT2D eigenvalue weighted by molar-refractivity contribution is 7.89. The molecule has 0 unspecified atom stereocenters. The Bertz CT molecular complexity index is 1000. The van der Waals surface area contributed by atoms with Gasteiger partial charge < -0.3 is 10.4 Å². The summed E-state index contributed by atoms with van der Waals surface area (Å²) < 4.78 is 27.5. The number of carboxylic acid groups (broad SMARTS) is 1. The fourth-order valence-corrected chi connectivity index (χ4v) is 4.31. The third-order valence-corrected chi connectivity index (χ3v) is 6.59. The Labute approximate surface area is 180 Å². The lowest BCUT2D eigenvalue weighted by molar-refractivity contribution is -0.139. The van der Waals surface area contributed by atoms with Crippen LogP contribution in [0.3, 0.4) is 0 Å². The fourth-order valence-electron chi connectivity index (χ4n) is 2.96. The van der Waals surface area contributed by atoms with Gasteiger partial charge >= 0.3 is 5.97 Å². The third-order valence-electron chi connectivity index (χ3n) is 4.85. The number of amides is 1. The summed E-state index contributed by atoms with van der Waals surface area (Å²) in [6.07, 6.45) is 2.20. The van der Waals surface area contributed by atoms with Crippen molar-refractivity contribution in [3.05, 3.63) is 53.6 Å². The molecule has 7 nitrogen and oxygen atoms in total. The van der Waals surface area contributed by atoms with Crippen molar-refractivity contribution in [3.63, 3.8) is 0 Å². The van der Waals surface area contributed by atoms with Crippen LogP contribution in [0.5, 0.6) is 0 Å². The summed E-state index contributed by atoms with van der Waals surface area (Å²) in [6, 6.07) is 12.0. The molecule has 0 radical (unpaired) electrons. The summed E-state index contributed by atoms with van der Waals surface area (Å²) in [4.78, 5) is 23.1. The molecule has 30 heavy (non-hydrogen) atoms. The first kappa shape index (κ1) is 22.3. The maximum Gasteiger partial charge on any atom is 0.321 e. The van der Waals surface area contributed by atoms with Gasteiger partial charge in [0.25, 0.3) is 0 Å². The van der Waals surface area contributed by atoms with Gasteiger partial charge in [-0.3, -0.25) is 9.59 Å². The van der Waals surface area contributed by atoms with E-state index in [0.717, 1.165) is 24.0 Å². The molecule has 2 aromatic carbocycles. The lowest BCUT2D eigenvalue weighted by atomic mass is 10.1. The zero-order chi connectivity index (χ0) is 21.7. The summed E-state index contributed by atoms with van der Waals surface area (Å²) in [5.41, 5.74) is 1.69. The number of halogens is 1. The molecule has 160 valence electrons. The molecule has 0 saturated heterocycles. The molecule has 0 bridgehead atoms. The van der Waals surface area contributed by atoms with Crippen molar-refractivity contribution in [2.75, 3.05) is 6.54 Å². The Balaban J connectivity index is 1.60. The van der Waals surface area contributed by atoms with Gasteiger partial charge in [0.2, 0.25) is 15.9 Å². The van der Waals surface area contributed by atoms with E-state index in [-0.39, 0.29) is 23.1 Å². The Kier molecular flexibility index (Phi) is 7.12. The van der Waals surface area contributed by atoms with Gasteiger partial charge in [-0.25, -0.2) is 8.42 Å². The van der Waals surface area contributed by atoms with E-state index in [4.69, 9.17) is 11.6 Å². The molecule has 1 atom stereocenters. The second-order valence-corrected chi connectivity index (χ2v) is 9.40. The van der Waals surface area contributed by atoms with E-state index in [2.05, 4.69) is 10.0 Å². The zero-order valence-corrected chi connectivity index (χ0v) is 17.7. The molecule has 0 spiro atoms. The molecular weight excluding hydrogens is 428 g/mol. The molecule has 3 rings (SSSR count). The quantitative estimate of drug-likeness (QED) is 0.481. The van der Waals surface area contributed by atoms with Crippen molar-refractivity contribution in [2.24, 2.45) is 5.92 Å². The molecule has 1 aliphatic carbocycles. The number of sulfonamides is 1. The minimum Gasteiger partial charge on any atom is -0.480 e. The lowest BCUT2D eigenvalue weighted by Gasteiger charge is -2.15. The number of hydrogen-bond donors (Lipinski definition) is 3. The molecule has 1 fully saturated rings. The summed E-state index contributed by atoms with van der Waals surface area (Å²) in [6.45, 7) is 0.316. The Morgan fingerprint density at radius 2 is 1.60 bits per heavy atom. The largest absolute Gasteiger partial charge is 0.480 e. The zero-order valence-electron chi connectivity index (χ0n) is 16.2. The van der Waals surface area contributed by atoms with E-state index in [9.17, 15) is 23.1 Å². The van der Waals surface area contributed by atoms with Crippen LogP contribution in [-0.2, 0) is 19.6 Å². The summed E-state index contributed by atoms with van der Waals surface area (Å²) >= 11 is 5.88. The first-order valence-electron chi connectivity index (χ1n) is 9.65. The van der Waals surface area contributed by atoms with Gasteiger partial charge in [0, 0.05) is 17.5 Å². The van der Waals surface area contributed by atoms with Crippen LogP contribution in [0.2, 0.25) is 5.02 Å². The van der Waals surface area contributed by atoms with E-state index in [1.807, 2.05) is 12.1 Å². The number of hydrogen-bond acceptors (Lipinski definition) is 4. The molecule has 0 aromatic heterocycles. The number of aliphatic carboxylic acids is 1. The van der Waals surface area contributed by atoms with Crippen LogP contribution in [0.15, 0.2) is 53.4 Å². The maximum absolute atomic E-state index is 12.6. The summed E-state index contributed by atoms with van der Waals surface area (Å²) in [7, 11) is -4.01. The van der Waals surface area contributed by atoms with E-state index >= 15 is 0 Å². The number of carboxylic acids is 1. The summed E-state index contributed by atoms with van der Waals surface area (Å²) in [5, 5.41) is 12.7. The van der Waals surface area contributed by atoms with Crippen LogP contribution in [0.1, 0.15) is 25.7 Å². The third kappa shape index (κ3) is 6.04. The second-order valence-electron chi connectivity index (χ2n) is 7.25. The van der Waals surface area contributed by atoms with Gasteiger partial charge in [-0.05, 0) is 61.1 Å². The maximum atomic E-state index is 12.6. The first-order valence-corrected chi connectivity index (χ1v) is 11.5. The van der Waals surface area contributed by atoms with Crippen LogP contribution in [-0.4, -0.2) is 38.0 Å². The lowest BCUT2D eigenvalue weighted by Crippen LogP contribution is -2.41. The monoisotopic (exact) mass is 450 g/mol. The Morgan fingerprint density at radius 3 is 2.13 bits per heavy atom. The molecule has 0 aliphatic heterocycles. The van der Waals surface area contributed by atoms with Crippen LogP contribution in [0.25, 0.3) is 11.1 Å². The van der Waals surface area contributed by atoms with Crippen molar-refractivity contribution < 1.29 is 23.1 Å². The van der Waals surface area contributed by atoms with Crippen LogP contribution >= 0.6 is 11.6 Å². The van der Waals surface area contributed by atoms with Crippen molar-refractivity contribution >= 4 is 33.5 Å². The fraction of sp³-hybridized carbons (Fsp3) is 0.333. The van der Waals surface area contributed by atoms with Gasteiger partial charge in [-0.2, -0.15) is 4.72 Å². The average molecular weight is 451 g/mol. The van der Waals surface area contributed by atoms with Gasteiger partial charge in [-0.1, -0.05) is 35.9 Å². The highest BCUT2D eigenvalue weighted by Crippen LogP contribution is 2.28. The van der Waals surface area contributed by atoms with E-state index in [1.54, 1.807) is 24.3 Å². The Hall–Kier alpha value is -2.42. The predicted octanol–water partition coefficient (Wildman–Crippen LogP) is 3.04. The van der Waals surface area contributed by atoms with Crippen molar-refractivity contribution in [2.45, 2.75) is 36.6 Å². The van der Waals surface area contributed by atoms with E-state index in [0.29, 0.717) is 18.0 Å². The van der Waals surface area contributed by atoms with Gasteiger partial charge in [0.15, 0.2) is 0 Å². The normalized spacial score (nSPS) is 14.8. The van der Waals surface area contributed by atoms with Gasteiger partial charge in [-0.15, -0.1) is 0 Å². The molecule has 1 saturated carbocycles. The van der Waals surface area contributed by atoms with Gasteiger partial charge in [0.1, 0.15) is 6.04 Å².